The molecule has 118 valence electrons. The molecule has 21 heavy (non-hydrogen) atoms. The van der Waals surface area contributed by atoms with Crippen LogP contribution in [0.4, 0.5) is 0 Å². The summed E-state index contributed by atoms with van der Waals surface area (Å²) in [4.78, 5) is 7.24. The van der Waals surface area contributed by atoms with Crippen molar-refractivity contribution in [2.24, 2.45) is 5.92 Å². The second-order valence-corrected chi connectivity index (χ2v) is 6.39. The quantitative estimate of drug-likeness (QED) is 0.905. The first-order valence-electron chi connectivity index (χ1n) is 8.02. The monoisotopic (exact) mass is 291 g/mol. The maximum atomic E-state index is 5.37. The first-order valence-corrected chi connectivity index (χ1v) is 8.02. The summed E-state index contributed by atoms with van der Waals surface area (Å²) in [6, 6.07) is 5.20. The molecule has 0 aromatic carbocycles. The van der Waals surface area contributed by atoms with Crippen molar-refractivity contribution >= 4 is 0 Å². The van der Waals surface area contributed by atoms with Crippen molar-refractivity contribution in [3.8, 4) is 5.75 Å². The van der Waals surface area contributed by atoms with Gasteiger partial charge in [0, 0.05) is 49.5 Å². The van der Waals surface area contributed by atoms with Gasteiger partial charge in [0.15, 0.2) is 0 Å². The molecular weight excluding hydrogens is 262 g/mol. The van der Waals surface area contributed by atoms with Gasteiger partial charge in [-0.1, -0.05) is 20.8 Å². The van der Waals surface area contributed by atoms with Crippen molar-refractivity contribution in [3.63, 3.8) is 0 Å². The van der Waals surface area contributed by atoms with E-state index < -0.39 is 0 Å². The maximum absolute atomic E-state index is 5.37. The first-order chi connectivity index (χ1) is 10.0. The third kappa shape index (κ3) is 4.17. The second-order valence-electron chi connectivity index (χ2n) is 6.39. The minimum Gasteiger partial charge on any atom is -0.497 e. The summed E-state index contributed by atoms with van der Waals surface area (Å²) >= 11 is 0. The average Bonchev–Trinajstić information content (AvgIpc) is 2.46. The zero-order chi connectivity index (χ0) is 15.4. The molecular formula is C17H29N3O. The summed E-state index contributed by atoms with van der Waals surface area (Å²) in [5.41, 5.74) is 2.13. The predicted octanol–water partition coefficient (Wildman–Crippen LogP) is 2.61. The van der Waals surface area contributed by atoms with E-state index in [0.29, 0.717) is 18.0 Å². The highest BCUT2D eigenvalue weighted by Gasteiger charge is 2.28. The number of piperazine rings is 1. The molecule has 1 aliphatic rings. The number of methoxy groups -OCH3 is 1. The van der Waals surface area contributed by atoms with Crippen LogP contribution < -0.4 is 10.1 Å². The molecule has 2 unspecified atom stereocenters. The Morgan fingerprint density at radius 1 is 1.43 bits per heavy atom. The Bertz CT molecular complexity index is 461. The summed E-state index contributed by atoms with van der Waals surface area (Å²) in [7, 11) is 1.72. The van der Waals surface area contributed by atoms with Crippen LogP contribution in [-0.2, 0) is 6.54 Å². The van der Waals surface area contributed by atoms with Gasteiger partial charge in [0.25, 0.3) is 0 Å². The van der Waals surface area contributed by atoms with Gasteiger partial charge in [-0.15, -0.1) is 0 Å². The minimum absolute atomic E-state index is 0.569. The Hall–Kier alpha value is -1.13. The molecule has 4 nitrogen and oxygen atoms in total. The topological polar surface area (TPSA) is 37.4 Å². The summed E-state index contributed by atoms with van der Waals surface area (Å²) < 4.78 is 5.37. The van der Waals surface area contributed by atoms with Crippen molar-refractivity contribution in [2.75, 3.05) is 20.2 Å². The molecule has 4 heteroatoms. The number of aryl methyl sites for hydroxylation is 1. The van der Waals surface area contributed by atoms with Crippen molar-refractivity contribution in [1.29, 1.82) is 0 Å². The van der Waals surface area contributed by atoms with E-state index in [1.807, 2.05) is 13.0 Å². The highest BCUT2D eigenvalue weighted by atomic mass is 16.5. The van der Waals surface area contributed by atoms with Crippen LogP contribution in [-0.4, -0.2) is 42.2 Å². The van der Waals surface area contributed by atoms with Crippen molar-refractivity contribution in [2.45, 2.75) is 52.7 Å². The Kier molecular flexibility index (Phi) is 5.59. The van der Waals surface area contributed by atoms with Crippen LogP contribution in [0.2, 0.25) is 0 Å². The van der Waals surface area contributed by atoms with Crippen LogP contribution in [0.3, 0.4) is 0 Å². The smallest absolute Gasteiger partial charge is 0.122 e. The zero-order valence-electron chi connectivity index (χ0n) is 14.0. The molecule has 2 atom stereocenters. The van der Waals surface area contributed by atoms with Gasteiger partial charge >= 0.3 is 0 Å². The van der Waals surface area contributed by atoms with Gasteiger partial charge in [-0.25, -0.2) is 0 Å². The van der Waals surface area contributed by atoms with Crippen molar-refractivity contribution in [3.05, 3.63) is 23.5 Å². The van der Waals surface area contributed by atoms with E-state index >= 15 is 0 Å². The summed E-state index contributed by atoms with van der Waals surface area (Å²) in [6.45, 7) is 11.9. The van der Waals surface area contributed by atoms with Crippen LogP contribution in [0.25, 0.3) is 0 Å². The SMILES string of the molecule is CCC1CNC(C(C)C)CN1Cc1cc(OC)cc(C)n1. The molecule has 0 amide bonds. The Morgan fingerprint density at radius 3 is 2.81 bits per heavy atom. The van der Waals surface area contributed by atoms with E-state index in [9.17, 15) is 0 Å². The standard InChI is InChI=1S/C17H29N3O/c1-6-15-9-18-17(12(2)3)11-20(15)10-14-8-16(21-5)7-13(4)19-14/h7-8,12,15,17-18H,6,9-11H2,1-5H3. The van der Waals surface area contributed by atoms with Gasteiger partial charge in [0.2, 0.25) is 0 Å². The molecule has 1 aromatic heterocycles. The van der Waals surface area contributed by atoms with Crippen LogP contribution in [0.1, 0.15) is 38.6 Å². The number of ether oxygens (including phenoxy) is 1. The van der Waals surface area contributed by atoms with Gasteiger partial charge < -0.3 is 10.1 Å². The molecule has 0 spiro atoms. The van der Waals surface area contributed by atoms with E-state index in [2.05, 4.69) is 42.0 Å². The van der Waals surface area contributed by atoms with E-state index in [1.54, 1.807) is 7.11 Å². The number of hydrogen-bond donors (Lipinski definition) is 1. The predicted molar refractivity (Wildman–Crippen MR) is 86.6 cm³/mol. The van der Waals surface area contributed by atoms with Crippen LogP contribution in [0.5, 0.6) is 5.75 Å². The van der Waals surface area contributed by atoms with Gasteiger partial charge in [0.05, 0.1) is 12.8 Å². The van der Waals surface area contributed by atoms with E-state index in [0.717, 1.165) is 36.8 Å². The molecule has 0 bridgehead atoms. The minimum atomic E-state index is 0.569. The number of nitrogens with zero attached hydrogens (tertiary/aromatic N) is 2. The molecule has 1 N–H and O–H groups in total. The van der Waals surface area contributed by atoms with Gasteiger partial charge in [-0.05, 0) is 19.3 Å². The van der Waals surface area contributed by atoms with E-state index in [4.69, 9.17) is 4.74 Å². The number of rotatable bonds is 5. The van der Waals surface area contributed by atoms with Crippen molar-refractivity contribution in [1.82, 2.24) is 15.2 Å². The Labute approximate surface area is 128 Å². The fourth-order valence-electron chi connectivity index (χ4n) is 3.04. The number of aromatic nitrogens is 1. The third-order valence-corrected chi connectivity index (χ3v) is 4.42. The van der Waals surface area contributed by atoms with E-state index in [1.165, 1.54) is 6.42 Å². The summed E-state index contributed by atoms with van der Waals surface area (Å²) in [5, 5.41) is 3.68. The molecule has 2 rings (SSSR count). The lowest BCUT2D eigenvalue weighted by molar-refractivity contribution is 0.102. The van der Waals surface area contributed by atoms with Gasteiger partial charge in [-0.3, -0.25) is 9.88 Å². The zero-order valence-corrected chi connectivity index (χ0v) is 14.0. The number of pyridine rings is 1. The van der Waals surface area contributed by atoms with Gasteiger partial charge in [-0.2, -0.15) is 0 Å². The largest absolute Gasteiger partial charge is 0.497 e. The Balaban J connectivity index is 2.12. The molecule has 1 aromatic rings. The molecule has 1 fully saturated rings. The van der Waals surface area contributed by atoms with Gasteiger partial charge in [0.1, 0.15) is 5.75 Å². The second kappa shape index (κ2) is 7.23. The summed E-state index contributed by atoms with van der Waals surface area (Å²) in [5.74, 6) is 1.56. The molecule has 1 aliphatic heterocycles. The third-order valence-electron chi connectivity index (χ3n) is 4.42. The fraction of sp³-hybridized carbons (Fsp3) is 0.706. The molecule has 0 radical (unpaired) electrons. The van der Waals surface area contributed by atoms with Crippen LogP contribution >= 0.6 is 0 Å². The van der Waals surface area contributed by atoms with E-state index in [-0.39, 0.29) is 0 Å². The highest BCUT2D eigenvalue weighted by molar-refractivity contribution is 5.26. The lowest BCUT2D eigenvalue weighted by Crippen LogP contribution is -2.57. The van der Waals surface area contributed by atoms with Crippen LogP contribution in [0.15, 0.2) is 12.1 Å². The normalized spacial score (nSPS) is 23.5. The summed E-state index contributed by atoms with van der Waals surface area (Å²) in [6.07, 6.45) is 1.17. The molecule has 1 saturated heterocycles. The van der Waals surface area contributed by atoms with Crippen molar-refractivity contribution < 1.29 is 4.74 Å². The first kappa shape index (κ1) is 16.2. The fourth-order valence-corrected chi connectivity index (χ4v) is 3.04. The number of hydrogen-bond acceptors (Lipinski definition) is 4. The Morgan fingerprint density at radius 2 is 2.19 bits per heavy atom. The molecule has 0 saturated carbocycles. The lowest BCUT2D eigenvalue weighted by atomic mass is 9.98. The number of nitrogens with one attached hydrogen (secondary N) is 1. The highest BCUT2D eigenvalue weighted by Crippen LogP contribution is 2.20. The average molecular weight is 291 g/mol. The maximum Gasteiger partial charge on any atom is 0.122 e. The molecule has 0 aliphatic carbocycles. The molecule has 2 heterocycles. The van der Waals surface area contributed by atoms with Crippen LogP contribution in [0, 0.1) is 12.8 Å². The lowest BCUT2D eigenvalue weighted by Gasteiger charge is -2.41.